The molecule has 18 heavy (non-hydrogen) atoms. The lowest BCUT2D eigenvalue weighted by molar-refractivity contribution is -0.122. The predicted octanol–water partition coefficient (Wildman–Crippen LogP) is 0.750. The number of anilines is 1. The number of carbonyl (C=O) groups is 2. The number of hydrogen-bond donors (Lipinski definition) is 1. The molecule has 2 amide bonds. The molecule has 0 bridgehead atoms. The smallest absolute Gasteiger partial charge is 0.259 e. The van der Waals surface area contributed by atoms with E-state index in [-0.39, 0.29) is 11.8 Å². The highest BCUT2D eigenvalue weighted by Gasteiger charge is 2.50. The average molecular weight is 243 g/mol. The highest BCUT2D eigenvalue weighted by Crippen LogP contribution is 2.32. The molecule has 2 aliphatic heterocycles. The summed E-state index contributed by atoms with van der Waals surface area (Å²) in [5, 5.41) is 3.80. The first-order chi connectivity index (χ1) is 8.61. The zero-order chi connectivity index (χ0) is 12.9. The van der Waals surface area contributed by atoms with E-state index in [2.05, 4.69) is 10.5 Å². The van der Waals surface area contributed by atoms with Crippen LogP contribution in [0.2, 0.25) is 0 Å². The molecular weight excluding hydrogens is 230 g/mol. The Morgan fingerprint density at radius 2 is 1.83 bits per heavy atom. The number of aryl methyl sites for hydroxylation is 2. The zero-order valence-electron chi connectivity index (χ0n) is 10.2. The third kappa shape index (κ3) is 1.30. The molecule has 0 spiro atoms. The van der Waals surface area contributed by atoms with Gasteiger partial charge in [-0.1, -0.05) is 18.2 Å². The van der Waals surface area contributed by atoms with Gasteiger partial charge < -0.3 is 0 Å². The van der Waals surface area contributed by atoms with E-state index in [1.807, 2.05) is 32.0 Å². The number of amides is 2. The fourth-order valence-electron chi connectivity index (χ4n) is 2.56. The number of benzene rings is 1. The Labute approximate surface area is 104 Å². The van der Waals surface area contributed by atoms with Gasteiger partial charge in [0.05, 0.1) is 5.69 Å². The van der Waals surface area contributed by atoms with Gasteiger partial charge in [0.15, 0.2) is 0 Å². The van der Waals surface area contributed by atoms with E-state index in [9.17, 15) is 9.59 Å². The van der Waals surface area contributed by atoms with Gasteiger partial charge in [-0.15, -0.1) is 0 Å². The number of carbonyl (C=O) groups excluding carboxylic acids is 2. The van der Waals surface area contributed by atoms with Crippen LogP contribution in [0, 0.1) is 19.8 Å². The Balaban J connectivity index is 2.10. The van der Waals surface area contributed by atoms with Gasteiger partial charge >= 0.3 is 0 Å². The number of hydrazone groups is 1. The van der Waals surface area contributed by atoms with Gasteiger partial charge in [-0.05, 0) is 25.0 Å². The highest BCUT2D eigenvalue weighted by molar-refractivity contribution is 6.28. The number of imide groups is 1. The molecule has 92 valence electrons. The molecule has 2 aliphatic rings. The fraction of sp³-hybridized carbons (Fsp3) is 0.308. The van der Waals surface area contributed by atoms with Crippen LogP contribution in [-0.2, 0) is 9.59 Å². The summed E-state index contributed by atoms with van der Waals surface area (Å²) in [7, 11) is 0. The molecule has 5 nitrogen and oxygen atoms in total. The van der Waals surface area contributed by atoms with Gasteiger partial charge in [0.1, 0.15) is 12.0 Å². The van der Waals surface area contributed by atoms with Crippen LogP contribution in [0.25, 0.3) is 0 Å². The summed E-state index contributed by atoms with van der Waals surface area (Å²) in [6.07, 6.45) is 1.51. The minimum absolute atomic E-state index is 0.198. The van der Waals surface area contributed by atoms with Gasteiger partial charge in [0.2, 0.25) is 5.91 Å². The van der Waals surface area contributed by atoms with E-state index in [1.54, 1.807) is 0 Å². The molecule has 1 saturated heterocycles. The van der Waals surface area contributed by atoms with Crippen molar-refractivity contribution in [2.24, 2.45) is 11.0 Å². The summed E-state index contributed by atoms with van der Waals surface area (Å²) in [6.45, 7) is 3.80. The van der Waals surface area contributed by atoms with Crippen LogP contribution in [-0.4, -0.2) is 24.1 Å². The van der Waals surface area contributed by atoms with Gasteiger partial charge in [0.25, 0.3) is 5.91 Å². The normalized spacial score (nSPS) is 25.6. The Morgan fingerprint density at radius 3 is 2.44 bits per heavy atom. The van der Waals surface area contributed by atoms with E-state index in [4.69, 9.17) is 0 Å². The van der Waals surface area contributed by atoms with E-state index in [0.717, 1.165) is 11.1 Å². The Kier molecular flexibility index (Phi) is 2.23. The number of rotatable bonds is 1. The highest BCUT2D eigenvalue weighted by atomic mass is 16.2. The summed E-state index contributed by atoms with van der Waals surface area (Å²) in [5.74, 6) is -0.882. The van der Waals surface area contributed by atoms with Crippen molar-refractivity contribution in [2.45, 2.75) is 19.9 Å². The number of hydrogen-bond acceptors (Lipinski definition) is 4. The third-order valence-corrected chi connectivity index (χ3v) is 3.46. The first-order valence-corrected chi connectivity index (χ1v) is 5.84. The fourth-order valence-corrected chi connectivity index (χ4v) is 2.56. The Bertz CT molecular complexity index is 559. The maximum Gasteiger partial charge on any atom is 0.259 e. The number of para-hydroxylation sites is 1. The largest absolute Gasteiger partial charge is 0.297 e. The summed E-state index contributed by atoms with van der Waals surface area (Å²) >= 11 is 0. The SMILES string of the molecule is Cc1cccc(C)c1N1C(=O)[C@H]2C=NN[C@H]2C1=O. The molecule has 2 atom stereocenters. The van der Waals surface area contributed by atoms with E-state index in [0.29, 0.717) is 5.69 Å². The summed E-state index contributed by atoms with van der Waals surface area (Å²) in [4.78, 5) is 25.8. The first-order valence-electron chi connectivity index (χ1n) is 5.84. The van der Waals surface area contributed by atoms with Crippen LogP contribution in [0.1, 0.15) is 11.1 Å². The first kappa shape index (κ1) is 11.0. The lowest BCUT2D eigenvalue weighted by atomic mass is 10.1. The second-order valence-corrected chi connectivity index (χ2v) is 4.66. The molecule has 5 heteroatoms. The van der Waals surface area contributed by atoms with Crippen molar-refractivity contribution in [1.29, 1.82) is 0 Å². The van der Waals surface area contributed by atoms with Crippen LogP contribution in [0.15, 0.2) is 23.3 Å². The second-order valence-electron chi connectivity index (χ2n) is 4.66. The van der Waals surface area contributed by atoms with Crippen molar-refractivity contribution >= 4 is 23.7 Å². The molecule has 1 N–H and O–H groups in total. The summed E-state index contributed by atoms with van der Waals surface area (Å²) in [5.41, 5.74) is 5.25. The second kappa shape index (κ2) is 3.66. The standard InChI is InChI=1S/C13H13N3O2/c1-7-4-3-5-8(2)11(7)16-12(17)9-6-14-15-10(9)13(16)18/h3-6,9-10,15H,1-2H3/t9-,10+/m0/s1. The lowest BCUT2D eigenvalue weighted by Crippen LogP contribution is -2.37. The molecule has 0 aromatic heterocycles. The van der Waals surface area contributed by atoms with Crippen LogP contribution in [0.5, 0.6) is 0 Å². The number of nitrogens with zero attached hydrogens (tertiary/aromatic N) is 2. The van der Waals surface area contributed by atoms with Crippen molar-refractivity contribution in [1.82, 2.24) is 5.43 Å². The molecule has 1 aromatic rings. The van der Waals surface area contributed by atoms with E-state index in [1.165, 1.54) is 11.1 Å². The summed E-state index contributed by atoms with van der Waals surface area (Å²) < 4.78 is 0. The molecule has 0 radical (unpaired) electrons. The van der Waals surface area contributed by atoms with E-state index < -0.39 is 12.0 Å². The van der Waals surface area contributed by atoms with Gasteiger partial charge in [-0.25, -0.2) is 4.90 Å². The minimum atomic E-state index is -0.531. The molecule has 0 saturated carbocycles. The number of fused-ring (bicyclic) bond motifs is 1. The number of nitrogens with one attached hydrogen (secondary N) is 1. The lowest BCUT2D eigenvalue weighted by Gasteiger charge is -2.19. The molecule has 0 unspecified atom stereocenters. The van der Waals surface area contributed by atoms with Crippen molar-refractivity contribution in [3.8, 4) is 0 Å². The molecule has 3 rings (SSSR count). The van der Waals surface area contributed by atoms with Crippen LogP contribution in [0.3, 0.4) is 0 Å². The Morgan fingerprint density at radius 1 is 1.17 bits per heavy atom. The summed E-state index contributed by atoms with van der Waals surface area (Å²) in [6, 6.07) is 5.19. The minimum Gasteiger partial charge on any atom is -0.297 e. The third-order valence-electron chi connectivity index (χ3n) is 3.46. The molecular formula is C13H13N3O2. The van der Waals surface area contributed by atoms with Crippen LogP contribution in [0.4, 0.5) is 5.69 Å². The van der Waals surface area contributed by atoms with Crippen molar-refractivity contribution in [3.05, 3.63) is 29.3 Å². The van der Waals surface area contributed by atoms with Gasteiger partial charge in [-0.2, -0.15) is 5.10 Å². The van der Waals surface area contributed by atoms with Gasteiger partial charge in [-0.3, -0.25) is 15.0 Å². The van der Waals surface area contributed by atoms with Crippen molar-refractivity contribution < 1.29 is 9.59 Å². The van der Waals surface area contributed by atoms with E-state index >= 15 is 0 Å². The quantitative estimate of drug-likeness (QED) is 0.740. The molecule has 1 aromatic carbocycles. The molecule has 0 aliphatic carbocycles. The van der Waals surface area contributed by atoms with Crippen molar-refractivity contribution in [3.63, 3.8) is 0 Å². The maximum absolute atomic E-state index is 12.3. The monoisotopic (exact) mass is 243 g/mol. The van der Waals surface area contributed by atoms with Crippen LogP contribution >= 0.6 is 0 Å². The van der Waals surface area contributed by atoms with Gasteiger partial charge in [0, 0.05) is 6.21 Å². The zero-order valence-corrected chi connectivity index (χ0v) is 10.2. The Hall–Kier alpha value is -2.17. The molecule has 2 heterocycles. The average Bonchev–Trinajstić information content (AvgIpc) is 2.88. The van der Waals surface area contributed by atoms with Crippen molar-refractivity contribution in [2.75, 3.05) is 4.90 Å². The predicted molar refractivity (Wildman–Crippen MR) is 67.3 cm³/mol. The van der Waals surface area contributed by atoms with Crippen LogP contribution < -0.4 is 10.3 Å². The molecule has 1 fully saturated rings. The topological polar surface area (TPSA) is 61.8 Å². The maximum atomic E-state index is 12.3.